The molecule has 0 amide bonds. The van der Waals surface area contributed by atoms with Crippen molar-refractivity contribution in [3.8, 4) is 0 Å². The first-order valence-electron chi connectivity index (χ1n) is 7.23. The van der Waals surface area contributed by atoms with E-state index < -0.39 is 0 Å². The Labute approximate surface area is 129 Å². The molecule has 3 rings (SSSR count). The number of benzene rings is 1. The molecule has 0 aromatic heterocycles. The molecule has 2 heterocycles. The second-order valence-electron chi connectivity index (χ2n) is 5.74. The van der Waals surface area contributed by atoms with Crippen molar-refractivity contribution in [1.29, 1.82) is 0 Å². The van der Waals surface area contributed by atoms with E-state index in [0.717, 1.165) is 24.8 Å². The van der Waals surface area contributed by atoms with Crippen molar-refractivity contribution in [3.05, 3.63) is 33.8 Å². The summed E-state index contributed by atoms with van der Waals surface area (Å²) < 4.78 is 5.96. The summed E-state index contributed by atoms with van der Waals surface area (Å²) in [4.78, 5) is 12.4. The summed E-state index contributed by atoms with van der Waals surface area (Å²) >= 11 is 12.1. The molecule has 2 bridgehead atoms. The van der Waals surface area contributed by atoms with Gasteiger partial charge in [0, 0.05) is 6.42 Å². The molecule has 2 aliphatic rings. The van der Waals surface area contributed by atoms with Gasteiger partial charge in [0.05, 0.1) is 28.2 Å². The highest BCUT2D eigenvalue weighted by molar-refractivity contribution is 6.42. The van der Waals surface area contributed by atoms with Crippen molar-refractivity contribution in [2.24, 2.45) is 5.92 Å². The van der Waals surface area contributed by atoms with Crippen molar-refractivity contribution in [1.82, 2.24) is 0 Å². The molecule has 108 valence electrons. The molecular formula is C16H18Cl2O2. The third kappa shape index (κ3) is 2.49. The molecule has 0 radical (unpaired) electrons. The monoisotopic (exact) mass is 312 g/mol. The molecule has 2 nitrogen and oxygen atoms in total. The number of carbonyl (C=O) groups excluding carboxylic acids is 1. The number of carbonyl (C=O) groups is 1. The molecule has 2 fully saturated rings. The highest BCUT2D eigenvalue weighted by Gasteiger charge is 2.46. The van der Waals surface area contributed by atoms with Gasteiger partial charge in [0.25, 0.3) is 0 Å². The van der Waals surface area contributed by atoms with Crippen molar-refractivity contribution in [2.45, 2.75) is 50.7 Å². The molecule has 1 aromatic rings. The van der Waals surface area contributed by atoms with Gasteiger partial charge < -0.3 is 4.74 Å². The lowest BCUT2D eigenvalue weighted by Gasteiger charge is -2.36. The Morgan fingerprint density at radius 2 is 2.10 bits per heavy atom. The number of hydrogen-bond donors (Lipinski definition) is 0. The van der Waals surface area contributed by atoms with E-state index >= 15 is 0 Å². The third-order valence-corrected chi connectivity index (χ3v) is 5.32. The topological polar surface area (TPSA) is 26.3 Å². The zero-order valence-electron chi connectivity index (χ0n) is 11.4. The Kier molecular flexibility index (Phi) is 4.07. The van der Waals surface area contributed by atoms with Crippen LogP contribution >= 0.6 is 23.2 Å². The lowest BCUT2D eigenvalue weighted by molar-refractivity contribution is -0.133. The van der Waals surface area contributed by atoms with E-state index in [1.54, 1.807) is 0 Å². The molecule has 0 saturated carbocycles. The normalized spacial score (nSPS) is 32.4. The molecule has 1 aromatic carbocycles. The van der Waals surface area contributed by atoms with Crippen LogP contribution in [0.3, 0.4) is 0 Å². The Hall–Kier alpha value is -0.570. The highest BCUT2D eigenvalue weighted by atomic mass is 35.5. The highest BCUT2D eigenvalue weighted by Crippen LogP contribution is 2.46. The van der Waals surface area contributed by atoms with Gasteiger partial charge in [-0.3, -0.25) is 4.79 Å². The third-order valence-electron chi connectivity index (χ3n) is 4.58. The van der Waals surface area contributed by atoms with E-state index in [9.17, 15) is 4.79 Å². The smallest absolute Gasteiger partial charge is 0.138 e. The Morgan fingerprint density at radius 3 is 2.80 bits per heavy atom. The molecule has 4 atom stereocenters. The van der Waals surface area contributed by atoms with Crippen molar-refractivity contribution < 1.29 is 9.53 Å². The van der Waals surface area contributed by atoms with Crippen molar-refractivity contribution in [3.63, 3.8) is 0 Å². The summed E-state index contributed by atoms with van der Waals surface area (Å²) in [7, 11) is 0. The van der Waals surface area contributed by atoms with Gasteiger partial charge in [-0.15, -0.1) is 0 Å². The molecule has 0 N–H and O–H groups in total. The van der Waals surface area contributed by atoms with Crippen LogP contribution in [0, 0.1) is 5.92 Å². The maximum Gasteiger partial charge on any atom is 0.138 e. The lowest BCUT2D eigenvalue weighted by Crippen LogP contribution is -2.38. The molecule has 0 aliphatic carbocycles. The zero-order chi connectivity index (χ0) is 14.3. The summed E-state index contributed by atoms with van der Waals surface area (Å²) in [5.41, 5.74) is 1.12. The van der Waals surface area contributed by atoms with E-state index in [1.807, 2.05) is 25.1 Å². The maximum atomic E-state index is 12.4. The Morgan fingerprint density at radius 1 is 1.30 bits per heavy atom. The lowest BCUT2D eigenvalue weighted by atomic mass is 9.76. The molecule has 4 heteroatoms. The van der Waals surface area contributed by atoms with Gasteiger partial charge in [-0.1, -0.05) is 36.2 Å². The van der Waals surface area contributed by atoms with E-state index in [4.69, 9.17) is 27.9 Å². The number of ketones is 1. The first kappa shape index (κ1) is 14.4. The maximum absolute atomic E-state index is 12.4. The van der Waals surface area contributed by atoms with Crippen LogP contribution in [-0.4, -0.2) is 18.0 Å². The summed E-state index contributed by atoms with van der Waals surface area (Å²) in [6.45, 7) is 1.93. The van der Waals surface area contributed by atoms with Crippen LogP contribution in [0.5, 0.6) is 0 Å². The van der Waals surface area contributed by atoms with Crippen LogP contribution in [0.2, 0.25) is 10.0 Å². The Balaban J connectivity index is 1.96. The van der Waals surface area contributed by atoms with Crippen LogP contribution < -0.4 is 0 Å². The summed E-state index contributed by atoms with van der Waals surface area (Å²) in [6.07, 6.45) is 3.91. The number of rotatable bonds is 3. The first-order valence-corrected chi connectivity index (χ1v) is 7.99. The summed E-state index contributed by atoms with van der Waals surface area (Å²) in [6, 6.07) is 5.74. The van der Waals surface area contributed by atoms with Gasteiger partial charge in [-0.2, -0.15) is 0 Å². The summed E-state index contributed by atoms with van der Waals surface area (Å²) in [5.74, 6) is 0.478. The van der Waals surface area contributed by atoms with Crippen LogP contribution in [0.4, 0.5) is 0 Å². The van der Waals surface area contributed by atoms with Crippen LogP contribution in [0.1, 0.15) is 44.1 Å². The second-order valence-corrected chi connectivity index (χ2v) is 6.55. The van der Waals surface area contributed by atoms with Gasteiger partial charge in [0.2, 0.25) is 0 Å². The summed E-state index contributed by atoms with van der Waals surface area (Å²) in [5, 5.41) is 1.12. The minimum Gasteiger partial charge on any atom is -0.374 e. The SMILES string of the molecule is CCC(=O)[C@@H]1[C@H]2CCC(C[C@H]1c1ccc(Cl)c(Cl)c1)O2. The van der Waals surface area contributed by atoms with Crippen LogP contribution in [0.25, 0.3) is 0 Å². The average molecular weight is 313 g/mol. The Bertz CT molecular complexity index is 529. The van der Waals surface area contributed by atoms with Crippen LogP contribution in [-0.2, 0) is 9.53 Å². The standard InChI is InChI=1S/C16H18Cl2O2/c1-2-14(19)16-11(8-10-4-6-15(16)20-10)9-3-5-12(17)13(18)7-9/h3,5,7,10-11,15-16H,2,4,6,8H2,1H3/t10?,11-,15+,16+/m0/s1. The number of hydrogen-bond acceptors (Lipinski definition) is 2. The van der Waals surface area contributed by atoms with Crippen molar-refractivity contribution >= 4 is 29.0 Å². The van der Waals surface area contributed by atoms with Gasteiger partial charge in [-0.25, -0.2) is 0 Å². The minimum absolute atomic E-state index is 0.0315. The first-order chi connectivity index (χ1) is 9.60. The molecule has 2 aliphatic heterocycles. The fraction of sp³-hybridized carbons (Fsp3) is 0.562. The molecule has 2 saturated heterocycles. The molecule has 0 spiro atoms. The van der Waals surface area contributed by atoms with E-state index in [2.05, 4.69) is 0 Å². The number of Topliss-reactive ketones (excluding diaryl/α,β-unsaturated/α-hetero) is 1. The molecular weight excluding hydrogens is 295 g/mol. The molecule has 1 unspecified atom stereocenters. The van der Waals surface area contributed by atoms with Crippen LogP contribution in [0.15, 0.2) is 18.2 Å². The molecule has 20 heavy (non-hydrogen) atoms. The predicted molar refractivity (Wildman–Crippen MR) is 80.5 cm³/mol. The van der Waals surface area contributed by atoms with Gasteiger partial charge >= 0.3 is 0 Å². The predicted octanol–water partition coefficient (Wildman–Crippen LogP) is 4.62. The zero-order valence-corrected chi connectivity index (χ0v) is 13.0. The minimum atomic E-state index is -0.0315. The number of halogens is 2. The van der Waals surface area contributed by atoms with Gasteiger partial charge in [0.1, 0.15) is 5.78 Å². The van der Waals surface area contributed by atoms with Crippen molar-refractivity contribution in [2.75, 3.05) is 0 Å². The largest absolute Gasteiger partial charge is 0.374 e. The number of fused-ring (bicyclic) bond motifs is 2. The van der Waals surface area contributed by atoms with Gasteiger partial charge in [-0.05, 0) is 42.9 Å². The van der Waals surface area contributed by atoms with E-state index in [0.29, 0.717) is 28.4 Å². The second kappa shape index (κ2) is 5.67. The quantitative estimate of drug-likeness (QED) is 0.813. The number of ether oxygens (including phenoxy) is 1. The van der Waals surface area contributed by atoms with E-state index in [-0.39, 0.29) is 17.9 Å². The van der Waals surface area contributed by atoms with E-state index in [1.165, 1.54) is 0 Å². The fourth-order valence-electron chi connectivity index (χ4n) is 3.61. The fourth-order valence-corrected chi connectivity index (χ4v) is 3.92. The van der Waals surface area contributed by atoms with Gasteiger partial charge in [0.15, 0.2) is 0 Å². The average Bonchev–Trinajstić information content (AvgIpc) is 2.82.